The molecule has 1 unspecified atom stereocenters. The van der Waals surface area contributed by atoms with Gasteiger partial charge in [-0.1, -0.05) is 52.0 Å². The van der Waals surface area contributed by atoms with Gasteiger partial charge in [-0.2, -0.15) is 4.31 Å². The van der Waals surface area contributed by atoms with Crippen LogP contribution in [0.5, 0.6) is 0 Å². The molecule has 1 aliphatic heterocycles. The van der Waals surface area contributed by atoms with Gasteiger partial charge in [0, 0.05) is 29.6 Å². The second-order valence-electron chi connectivity index (χ2n) is 9.95. The quantitative estimate of drug-likeness (QED) is 0.485. The summed E-state index contributed by atoms with van der Waals surface area (Å²) in [6.45, 7) is 9.67. The molecule has 1 atom stereocenters. The third kappa shape index (κ3) is 5.40. The number of aromatic nitrogens is 1. The number of anilines is 1. The molecule has 0 spiro atoms. The smallest absolute Gasteiger partial charge is 0.257 e. The number of carbonyl (C=O) groups excluding carboxylic acids is 1. The maximum Gasteiger partial charge on any atom is 0.257 e. The van der Waals surface area contributed by atoms with E-state index in [1.807, 2.05) is 17.5 Å². The Hall–Kier alpha value is -2.55. The van der Waals surface area contributed by atoms with Crippen molar-refractivity contribution in [2.24, 2.45) is 5.92 Å². The number of hydrogen-bond donors (Lipinski definition) is 1. The fourth-order valence-electron chi connectivity index (χ4n) is 4.07. The lowest BCUT2D eigenvalue weighted by molar-refractivity contribution is 0.102. The van der Waals surface area contributed by atoms with Gasteiger partial charge in [-0.15, -0.1) is 11.3 Å². The van der Waals surface area contributed by atoms with E-state index in [1.165, 1.54) is 29.0 Å². The first-order valence-corrected chi connectivity index (χ1v) is 13.8. The Balaban J connectivity index is 1.43. The predicted octanol–water partition coefficient (Wildman–Crippen LogP) is 5.78. The summed E-state index contributed by atoms with van der Waals surface area (Å²) in [4.78, 5) is 17.5. The fraction of sp³-hybridized carbons (Fsp3) is 0.385. The lowest BCUT2D eigenvalue weighted by Gasteiger charge is -2.30. The van der Waals surface area contributed by atoms with Crippen LogP contribution in [-0.2, 0) is 15.4 Å². The molecule has 1 fully saturated rings. The molecule has 8 heteroatoms. The van der Waals surface area contributed by atoms with Gasteiger partial charge in [0.15, 0.2) is 5.13 Å². The first kappa shape index (κ1) is 24.6. The van der Waals surface area contributed by atoms with E-state index in [0.717, 1.165) is 24.1 Å². The van der Waals surface area contributed by atoms with E-state index in [9.17, 15) is 13.2 Å². The van der Waals surface area contributed by atoms with Crippen LogP contribution in [0.1, 0.15) is 56.5 Å². The lowest BCUT2D eigenvalue weighted by atomic mass is 9.86. The standard InChI is InChI=1S/C26H31N3O3S2/c1-18-6-5-15-29(16-18)34(31,32)22-13-9-20(10-14-22)24(30)28-25-27-23(17-33-25)19-7-11-21(12-8-19)26(2,3)4/h7-14,17-18H,5-6,15-16H2,1-4H3,(H,27,28,30). The molecular weight excluding hydrogens is 466 g/mol. The Kier molecular flexibility index (Phi) is 6.94. The number of nitrogens with zero attached hydrogens (tertiary/aromatic N) is 2. The number of benzene rings is 2. The van der Waals surface area contributed by atoms with E-state index in [2.05, 4.69) is 50.1 Å². The summed E-state index contributed by atoms with van der Waals surface area (Å²) >= 11 is 1.36. The molecule has 0 saturated carbocycles. The van der Waals surface area contributed by atoms with E-state index in [4.69, 9.17) is 0 Å². The van der Waals surface area contributed by atoms with E-state index >= 15 is 0 Å². The van der Waals surface area contributed by atoms with Gasteiger partial charge in [-0.05, 0) is 54.0 Å². The number of thiazole rings is 1. The highest BCUT2D eigenvalue weighted by atomic mass is 32.2. The molecule has 180 valence electrons. The van der Waals surface area contributed by atoms with Crippen molar-refractivity contribution < 1.29 is 13.2 Å². The highest BCUT2D eigenvalue weighted by Gasteiger charge is 2.28. The van der Waals surface area contributed by atoms with Crippen LogP contribution in [0.25, 0.3) is 11.3 Å². The number of hydrogen-bond acceptors (Lipinski definition) is 5. The van der Waals surface area contributed by atoms with Gasteiger partial charge in [0.05, 0.1) is 10.6 Å². The van der Waals surface area contributed by atoms with Crippen LogP contribution < -0.4 is 5.32 Å². The van der Waals surface area contributed by atoms with Crippen molar-refractivity contribution in [3.05, 3.63) is 65.0 Å². The minimum absolute atomic E-state index is 0.0842. The molecule has 0 radical (unpaired) electrons. The molecule has 2 aromatic carbocycles. The Morgan fingerprint density at radius 2 is 1.76 bits per heavy atom. The number of rotatable bonds is 5. The topological polar surface area (TPSA) is 79.4 Å². The second-order valence-corrected chi connectivity index (χ2v) is 12.8. The number of carbonyl (C=O) groups is 1. The van der Waals surface area contributed by atoms with E-state index < -0.39 is 10.0 Å². The zero-order valence-electron chi connectivity index (χ0n) is 20.0. The fourth-order valence-corrected chi connectivity index (χ4v) is 6.38. The molecule has 1 N–H and O–H groups in total. The molecule has 1 saturated heterocycles. The van der Waals surface area contributed by atoms with Gasteiger partial charge in [0.1, 0.15) is 0 Å². The van der Waals surface area contributed by atoms with Gasteiger partial charge >= 0.3 is 0 Å². The lowest BCUT2D eigenvalue weighted by Crippen LogP contribution is -2.39. The van der Waals surface area contributed by atoms with Crippen molar-refractivity contribution in [2.45, 2.75) is 50.8 Å². The van der Waals surface area contributed by atoms with Crippen molar-refractivity contribution in [3.8, 4) is 11.3 Å². The summed E-state index contributed by atoms with van der Waals surface area (Å²) in [5, 5.41) is 5.23. The molecule has 2 heterocycles. The molecule has 34 heavy (non-hydrogen) atoms. The first-order valence-electron chi connectivity index (χ1n) is 11.5. The number of nitrogens with one attached hydrogen (secondary N) is 1. The first-order chi connectivity index (χ1) is 16.0. The molecule has 6 nitrogen and oxygen atoms in total. The van der Waals surface area contributed by atoms with Crippen LogP contribution in [0.15, 0.2) is 58.8 Å². The number of amides is 1. The zero-order valence-corrected chi connectivity index (χ0v) is 21.7. The van der Waals surface area contributed by atoms with Crippen LogP contribution in [0.3, 0.4) is 0 Å². The summed E-state index contributed by atoms with van der Waals surface area (Å²) in [5.74, 6) is 0.0349. The van der Waals surface area contributed by atoms with E-state index in [1.54, 1.807) is 16.4 Å². The molecule has 0 bridgehead atoms. The Morgan fingerprint density at radius 1 is 1.09 bits per heavy atom. The zero-order chi connectivity index (χ0) is 24.5. The normalized spacial score (nSPS) is 17.5. The molecule has 1 aromatic heterocycles. The molecular formula is C26H31N3O3S2. The summed E-state index contributed by atoms with van der Waals surface area (Å²) in [6.07, 6.45) is 1.92. The van der Waals surface area contributed by atoms with Crippen molar-refractivity contribution in [2.75, 3.05) is 18.4 Å². The van der Waals surface area contributed by atoms with Crippen LogP contribution in [0, 0.1) is 5.92 Å². The van der Waals surface area contributed by atoms with Crippen molar-refractivity contribution in [3.63, 3.8) is 0 Å². The van der Waals surface area contributed by atoms with E-state index in [0.29, 0.717) is 29.7 Å². The maximum atomic E-state index is 12.9. The molecule has 1 amide bonds. The molecule has 0 aliphatic carbocycles. The van der Waals surface area contributed by atoms with Crippen molar-refractivity contribution in [1.82, 2.24) is 9.29 Å². The van der Waals surface area contributed by atoms with Gasteiger partial charge < -0.3 is 0 Å². The maximum absolute atomic E-state index is 12.9. The van der Waals surface area contributed by atoms with Crippen LogP contribution in [0.4, 0.5) is 5.13 Å². The Bertz CT molecular complexity index is 1260. The largest absolute Gasteiger partial charge is 0.298 e. The summed E-state index contributed by atoms with van der Waals surface area (Å²) < 4.78 is 27.4. The van der Waals surface area contributed by atoms with Gasteiger partial charge in [0.25, 0.3) is 5.91 Å². The minimum atomic E-state index is -3.54. The third-order valence-electron chi connectivity index (χ3n) is 6.15. The van der Waals surface area contributed by atoms with E-state index in [-0.39, 0.29) is 16.2 Å². The monoisotopic (exact) mass is 497 g/mol. The van der Waals surface area contributed by atoms with Gasteiger partial charge in [-0.25, -0.2) is 13.4 Å². The molecule has 3 aromatic rings. The summed E-state index contributed by atoms with van der Waals surface area (Å²) in [6, 6.07) is 14.4. The average molecular weight is 498 g/mol. The highest BCUT2D eigenvalue weighted by molar-refractivity contribution is 7.89. The summed E-state index contributed by atoms with van der Waals surface area (Å²) in [7, 11) is -3.54. The van der Waals surface area contributed by atoms with Gasteiger partial charge in [-0.3, -0.25) is 10.1 Å². The SMILES string of the molecule is CC1CCCN(S(=O)(=O)c2ccc(C(=O)Nc3nc(-c4ccc(C(C)(C)C)cc4)cs3)cc2)C1. The Labute approximate surface area is 206 Å². The summed E-state index contributed by atoms with van der Waals surface area (Å²) in [5.41, 5.74) is 3.52. The third-order valence-corrected chi connectivity index (χ3v) is 8.78. The second kappa shape index (κ2) is 9.60. The van der Waals surface area contributed by atoms with Crippen LogP contribution in [0.2, 0.25) is 0 Å². The minimum Gasteiger partial charge on any atom is -0.298 e. The predicted molar refractivity (Wildman–Crippen MR) is 138 cm³/mol. The molecule has 1 aliphatic rings. The Morgan fingerprint density at radius 3 is 2.38 bits per heavy atom. The van der Waals surface area contributed by atoms with Crippen molar-refractivity contribution in [1.29, 1.82) is 0 Å². The number of piperidine rings is 1. The molecule has 4 rings (SSSR count). The average Bonchev–Trinajstić information content (AvgIpc) is 3.27. The van der Waals surface area contributed by atoms with Crippen LogP contribution in [-0.4, -0.2) is 36.7 Å². The van der Waals surface area contributed by atoms with Crippen LogP contribution >= 0.6 is 11.3 Å². The van der Waals surface area contributed by atoms with Crippen molar-refractivity contribution >= 4 is 32.4 Å². The van der Waals surface area contributed by atoms with Gasteiger partial charge in [0.2, 0.25) is 10.0 Å². The number of sulfonamides is 1. The highest BCUT2D eigenvalue weighted by Crippen LogP contribution is 2.29.